The van der Waals surface area contributed by atoms with Gasteiger partial charge in [-0.25, -0.2) is 8.78 Å². The average molecular weight is 224 g/mol. The Labute approximate surface area is 91.1 Å². The highest BCUT2D eigenvalue weighted by molar-refractivity contribution is 5.21. The van der Waals surface area contributed by atoms with Crippen LogP contribution in [0.5, 0.6) is 0 Å². The van der Waals surface area contributed by atoms with Crippen molar-refractivity contribution in [2.45, 2.75) is 12.5 Å². The summed E-state index contributed by atoms with van der Waals surface area (Å²) in [5.74, 6) is -1.29. The molecule has 2 nitrogen and oxygen atoms in total. The minimum Gasteiger partial charge on any atom is -0.472 e. The van der Waals surface area contributed by atoms with Gasteiger partial charge in [0.2, 0.25) is 0 Å². The second kappa shape index (κ2) is 4.45. The Hall–Kier alpha value is -1.68. The van der Waals surface area contributed by atoms with Crippen molar-refractivity contribution in [2.75, 3.05) is 0 Å². The van der Waals surface area contributed by atoms with E-state index in [4.69, 9.17) is 4.42 Å². The van der Waals surface area contributed by atoms with Gasteiger partial charge in [0.15, 0.2) is 0 Å². The van der Waals surface area contributed by atoms with Crippen molar-refractivity contribution >= 4 is 0 Å². The summed E-state index contributed by atoms with van der Waals surface area (Å²) in [6, 6.07) is 4.81. The van der Waals surface area contributed by atoms with Crippen LogP contribution in [0, 0.1) is 11.6 Å². The van der Waals surface area contributed by atoms with Crippen LogP contribution in [-0.4, -0.2) is 5.11 Å². The Morgan fingerprint density at radius 1 is 1.19 bits per heavy atom. The number of hydrogen-bond acceptors (Lipinski definition) is 2. The van der Waals surface area contributed by atoms with Gasteiger partial charge in [-0.05, 0) is 23.8 Å². The van der Waals surface area contributed by atoms with E-state index in [1.807, 2.05) is 0 Å². The molecule has 2 rings (SSSR count). The first-order chi connectivity index (χ1) is 7.65. The fourth-order valence-corrected chi connectivity index (χ4v) is 1.53. The van der Waals surface area contributed by atoms with Crippen LogP contribution in [0.25, 0.3) is 0 Å². The predicted octanol–water partition coefficient (Wildman–Crippen LogP) is 2.83. The van der Waals surface area contributed by atoms with Crippen molar-refractivity contribution in [1.29, 1.82) is 0 Å². The van der Waals surface area contributed by atoms with Gasteiger partial charge in [-0.3, -0.25) is 0 Å². The van der Waals surface area contributed by atoms with E-state index in [0.29, 0.717) is 11.1 Å². The SMILES string of the molecule is OC(Cc1cc(F)cc(F)c1)c1ccoc1. The maximum absolute atomic E-state index is 12.9. The summed E-state index contributed by atoms with van der Waals surface area (Å²) < 4.78 is 30.6. The zero-order valence-electron chi connectivity index (χ0n) is 8.36. The summed E-state index contributed by atoms with van der Waals surface area (Å²) in [5.41, 5.74) is 0.996. The molecule has 84 valence electrons. The van der Waals surface area contributed by atoms with Gasteiger partial charge in [-0.2, -0.15) is 0 Å². The van der Waals surface area contributed by atoms with Crippen molar-refractivity contribution in [3.8, 4) is 0 Å². The molecule has 0 spiro atoms. The largest absolute Gasteiger partial charge is 0.472 e. The smallest absolute Gasteiger partial charge is 0.126 e. The number of halogens is 2. The fourth-order valence-electron chi connectivity index (χ4n) is 1.53. The standard InChI is InChI=1S/C12H10F2O2/c13-10-3-8(4-11(14)6-10)5-12(15)9-1-2-16-7-9/h1-4,6-7,12,15H,5H2. The molecule has 1 atom stereocenters. The third kappa shape index (κ3) is 2.46. The molecule has 1 aromatic carbocycles. The summed E-state index contributed by atoms with van der Waals surface area (Å²) in [5, 5.41) is 9.74. The molecule has 1 unspecified atom stereocenters. The molecule has 0 aliphatic carbocycles. The monoisotopic (exact) mass is 224 g/mol. The van der Waals surface area contributed by atoms with Crippen molar-refractivity contribution in [2.24, 2.45) is 0 Å². The van der Waals surface area contributed by atoms with E-state index >= 15 is 0 Å². The van der Waals surface area contributed by atoms with Crippen LogP contribution in [0.3, 0.4) is 0 Å². The molecule has 16 heavy (non-hydrogen) atoms. The number of hydrogen-bond donors (Lipinski definition) is 1. The van der Waals surface area contributed by atoms with Gasteiger partial charge in [-0.15, -0.1) is 0 Å². The summed E-state index contributed by atoms with van der Waals surface area (Å²) in [6.07, 6.45) is 2.17. The lowest BCUT2D eigenvalue weighted by atomic mass is 10.0. The molecular weight excluding hydrogens is 214 g/mol. The van der Waals surface area contributed by atoms with Gasteiger partial charge in [0.05, 0.1) is 18.6 Å². The number of aliphatic hydroxyl groups excluding tert-OH is 1. The Balaban J connectivity index is 2.15. The van der Waals surface area contributed by atoms with Gasteiger partial charge < -0.3 is 9.52 Å². The predicted molar refractivity (Wildman–Crippen MR) is 53.7 cm³/mol. The van der Waals surface area contributed by atoms with Gasteiger partial charge in [0, 0.05) is 18.1 Å². The highest BCUT2D eigenvalue weighted by atomic mass is 19.1. The van der Waals surface area contributed by atoms with Crippen LogP contribution in [0.1, 0.15) is 17.2 Å². The summed E-state index contributed by atoms with van der Waals surface area (Å²) in [4.78, 5) is 0. The van der Waals surface area contributed by atoms with Gasteiger partial charge in [-0.1, -0.05) is 0 Å². The topological polar surface area (TPSA) is 33.4 Å². The van der Waals surface area contributed by atoms with E-state index in [2.05, 4.69) is 0 Å². The molecular formula is C12H10F2O2. The van der Waals surface area contributed by atoms with Crippen LogP contribution in [0.2, 0.25) is 0 Å². The summed E-state index contributed by atoms with van der Waals surface area (Å²) in [6.45, 7) is 0. The van der Waals surface area contributed by atoms with E-state index in [1.165, 1.54) is 24.7 Å². The Morgan fingerprint density at radius 3 is 2.44 bits per heavy atom. The molecule has 0 saturated carbocycles. The zero-order chi connectivity index (χ0) is 11.5. The zero-order valence-corrected chi connectivity index (χ0v) is 8.36. The van der Waals surface area contributed by atoms with Crippen LogP contribution in [0.15, 0.2) is 41.2 Å². The maximum atomic E-state index is 12.9. The second-order valence-electron chi connectivity index (χ2n) is 3.55. The van der Waals surface area contributed by atoms with Crippen molar-refractivity contribution < 1.29 is 18.3 Å². The van der Waals surface area contributed by atoms with E-state index < -0.39 is 17.7 Å². The number of furan rings is 1. The molecule has 0 fully saturated rings. The van der Waals surface area contributed by atoms with E-state index in [0.717, 1.165) is 6.07 Å². The Bertz CT molecular complexity index is 446. The lowest BCUT2D eigenvalue weighted by molar-refractivity contribution is 0.177. The first-order valence-corrected chi connectivity index (χ1v) is 4.80. The lowest BCUT2D eigenvalue weighted by Gasteiger charge is -2.08. The maximum Gasteiger partial charge on any atom is 0.126 e. The Morgan fingerprint density at radius 2 is 1.88 bits per heavy atom. The number of benzene rings is 1. The molecule has 0 aliphatic heterocycles. The molecule has 0 bridgehead atoms. The molecule has 1 N–H and O–H groups in total. The highest BCUT2D eigenvalue weighted by Crippen LogP contribution is 2.19. The molecule has 0 saturated heterocycles. The molecule has 1 heterocycles. The second-order valence-corrected chi connectivity index (χ2v) is 3.55. The van der Waals surface area contributed by atoms with E-state index in [1.54, 1.807) is 6.07 Å². The van der Waals surface area contributed by atoms with Gasteiger partial charge in [0.25, 0.3) is 0 Å². The highest BCUT2D eigenvalue weighted by Gasteiger charge is 2.11. The summed E-state index contributed by atoms with van der Waals surface area (Å²) in [7, 11) is 0. The first kappa shape index (κ1) is 10.8. The minimum absolute atomic E-state index is 0.147. The van der Waals surface area contributed by atoms with Crippen molar-refractivity contribution in [1.82, 2.24) is 0 Å². The number of rotatable bonds is 3. The van der Waals surface area contributed by atoms with Crippen molar-refractivity contribution in [3.63, 3.8) is 0 Å². The van der Waals surface area contributed by atoms with Crippen LogP contribution < -0.4 is 0 Å². The molecule has 0 aliphatic rings. The van der Waals surface area contributed by atoms with Crippen LogP contribution in [0.4, 0.5) is 8.78 Å². The van der Waals surface area contributed by atoms with Crippen LogP contribution in [-0.2, 0) is 6.42 Å². The van der Waals surface area contributed by atoms with Gasteiger partial charge >= 0.3 is 0 Å². The van der Waals surface area contributed by atoms with E-state index in [9.17, 15) is 13.9 Å². The average Bonchev–Trinajstić information content (AvgIpc) is 2.68. The van der Waals surface area contributed by atoms with E-state index in [-0.39, 0.29) is 6.42 Å². The third-order valence-corrected chi connectivity index (χ3v) is 2.28. The molecule has 1 aromatic heterocycles. The quantitative estimate of drug-likeness (QED) is 0.869. The fraction of sp³-hybridized carbons (Fsp3) is 0.167. The molecule has 0 amide bonds. The number of aliphatic hydroxyl groups is 1. The third-order valence-electron chi connectivity index (χ3n) is 2.28. The normalized spacial score (nSPS) is 12.7. The first-order valence-electron chi connectivity index (χ1n) is 4.80. The summed E-state index contributed by atoms with van der Waals surface area (Å²) >= 11 is 0. The Kier molecular flexibility index (Phi) is 3.01. The molecule has 4 heteroatoms. The lowest BCUT2D eigenvalue weighted by Crippen LogP contribution is -2.01. The van der Waals surface area contributed by atoms with Gasteiger partial charge in [0.1, 0.15) is 11.6 Å². The molecule has 2 aromatic rings. The minimum atomic E-state index is -0.819. The molecule has 0 radical (unpaired) electrons. The van der Waals surface area contributed by atoms with Crippen LogP contribution >= 0.6 is 0 Å². The van der Waals surface area contributed by atoms with Crippen molar-refractivity contribution in [3.05, 3.63) is 59.6 Å².